The van der Waals surface area contributed by atoms with E-state index in [0.717, 1.165) is 5.56 Å². The lowest BCUT2D eigenvalue weighted by molar-refractivity contribution is 0.102. The fourth-order valence-electron chi connectivity index (χ4n) is 1.97. The number of aromatic nitrogens is 4. The molecule has 2 N–H and O–H groups in total. The van der Waals surface area contributed by atoms with Crippen LogP contribution in [-0.4, -0.2) is 25.9 Å². The Morgan fingerprint density at radius 2 is 2.17 bits per heavy atom. The minimum absolute atomic E-state index is 0.251. The van der Waals surface area contributed by atoms with Crippen LogP contribution in [0.2, 0.25) is 5.02 Å². The molecule has 3 rings (SSSR count). The molecule has 118 valence electrons. The number of hydrogen-bond acceptors (Lipinski definition) is 3. The third-order valence-electron chi connectivity index (χ3n) is 3.00. The van der Waals surface area contributed by atoms with E-state index < -0.39 is 0 Å². The zero-order chi connectivity index (χ0) is 16.4. The number of halogens is 3. The monoisotopic (exact) mass is 457 g/mol. The summed E-state index contributed by atoms with van der Waals surface area (Å²) in [4.78, 5) is 12.1. The van der Waals surface area contributed by atoms with Crippen molar-refractivity contribution in [3.8, 4) is 0 Å². The van der Waals surface area contributed by atoms with Crippen LogP contribution in [0, 0.1) is 0 Å². The molecule has 0 bridgehead atoms. The molecule has 0 atom stereocenters. The van der Waals surface area contributed by atoms with Gasteiger partial charge in [0.1, 0.15) is 4.60 Å². The van der Waals surface area contributed by atoms with E-state index in [-0.39, 0.29) is 11.6 Å². The lowest BCUT2D eigenvalue weighted by Crippen LogP contribution is -2.14. The minimum Gasteiger partial charge on any atom is -0.304 e. The third kappa shape index (κ3) is 3.82. The Morgan fingerprint density at radius 1 is 1.35 bits per heavy atom. The number of nitrogens with one attached hydrogen (secondary N) is 2. The number of anilines is 1. The van der Waals surface area contributed by atoms with Gasteiger partial charge in [-0.3, -0.25) is 14.6 Å². The van der Waals surface area contributed by atoms with E-state index in [1.54, 1.807) is 16.9 Å². The summed E-state index contributed by atoms with van der Waals surface area (Å²) in [5.74, 6) is 0.0925. The number of H-pyrrole nitrogens is 1. The highest BCUT2D eigenvalue weighted by molar-refractivity contribution is 9.13. The van der Waals surface area contributed by atoms with Gasteiger partial charge < -0.3 is 5.32 Å². The van der Waals surface area contributed by atoms with Crippen molar-refractivity contribution in [3.63, 3.8) is 0 Å². The van der Waals surface area contributed by atoms with Gasteiger partial charge in [-0.15, -0.1) is 0 Å². The zero-order valence-corrected chi connectivity index (χ0v) is 15.5. The van der Waals surface area contributed by atoms with Crippen LogP contribution in [0.4, 0.5) is 5.82 Å². The lowest BCUT2D eigenvalue weighted by Gasteiger charge is -2.03. The van der Waals surface area contributed by atoms with Crippen molar-refractivity contribution in [2.75, 3.05) is 5.32 Å². The van der Waals surface area contributed by atoms with Gasteiger partial charge in [-0.2, -0.15) is 10.2 Å². The number of nitrogens with zero attached hydrogens (tertiary/aromatic N) is 3. The van der Waals surface area contributed by atoms with Gasteiger partial charge in [0, 0.05) is 17.3 Å². The predicted molar refractivity (Wildman–Crippen MR) is 94.7 cm³/mol. The summed E-state index contributed by atoms with van der Waals surface area (Å²) in [5, 5.41) is 14.3. The topological polar surface area (TPSA) is 75.6 Å². The van der Waals surface area contributed by atoms with Crippen LogP contribution in [0.15, 0.2) is 45.6 Å². The van der Waals surface area contributed by atoms with E-state index >= 15 is 0 Å². The number of carbonyl (C=O) groups is 1. The molecular weight excluding hydrogens is 449 g/mol. The van der Waals surface area contributed by atoms with Crippen molar-refractivity contribution < 1.29 is 4.79 Å². The van der Waals surface area contributed by atoms with Crippen molar-refractivity contribution in [1.82, 2.24) is 20.0 Å². The highest BCUT2D eigenvalue weighted by Gasteiger charge is 2.17. The lowest BCUT2D eigenvalue weighted by atomic mass is 10.2. The third-order valence-corrected chi connectivity index (χ3v) is 5.11. The van der Waals surface area contributed by atoms with Crippen molar-refractivity contribution in [2.45, 2.75) is 6.54 Å². The Kier molecular flexibility index (Phi) is 4.84. The van der Waals surface area contributed by atoms with Gasteiger partial charge >= 0.3 is 0 Å². The van der Waals surface area contributed by atoms with E-state index in [1.165, 1.54) is 0 Å². The first kappa shape index (κ1) is 16.2. The SMILES string of the molecule is O=C(Nc1ccn(Cc2cccc(Cl)c2)n1)c1n[nH]c(Br)c1Br. The molecule has 1 aromatic carbocycles. The second-order valence-electron chi connectivity index (χ2n) is 4.68. The van der Waals surface area contributed by atoms with Crippen molar-refractivity contribution >= 4 is 55.2 Å². The molecule has 0 aliphatic heterocycles. The molecule has 0 spiro atoms. The van der Waals surface area contributed by atoms with E-state index in [1.807, 2.05) is 24.3 Å². The maximum absolute atomic E-state index is 12.1. The molecule has 3 aromatic rings. The van der Waals surface area contributed by atoms with Gasteiger partial charge in [0.15, 0.2) is 11.5 Å². The average Bonchev–Trinajstić information content (AvgIpc) is 3.07. The summed E-state index contributed by atoms with van der Waals surface area (Å²) >= 11 is 12.5. The van der Waals surface area contributed by atoms with E-state index in [9.17, 15) is 4.79 Å². The minimum atomic E-state index is -0.355. The van der Waals surface area contributed by atoms with Gasteiger partial charge in [-0.25, -0.2) is 0 Å². The van der Waals surface area contributed by atoms with Crippen molar-refractivity contribution in [1.29, 1.82) is 0 Å². The van der Waals surface area contributed by atoms with E-state index in [4.69, 9.17) is 11.6 Å². The van der Waals surface area contributed by atoms with Crippen LogP contribution >= 0.6 is 43.5 Å². The molecule has 0 saturated carbocycles. The van der Waals surface area contributed by atoms with Crippen LogP contribution in [0.25, 0.3) is 0 Å². The first-order valence-electron chi connectivity index (χ1n) is 6.51. The molecule has 6 nitrogen and oxygen atoms in total. The fourth-order valence-corrected chi connectivity index (χ4v) is 2.82. The Morgan fingerprint density at radius 3 is 2.87 bits per heavy atom. The largest absolute Gasteiger partial charge is 0.304 e. The quantitative estimate of drug-likeness (QED) is 0.617. The number of carbonyl (C=O) groups excluding carboxylic acids is 1. The normalized spacial score (nSPS) is 10.7. The van der Waals surface area contributed by atoms with Crippen LogP contribution in [-0.2, 0) is 6.54 Å². The molecule has 0 fully saturated rings. The number of benzene rings is 1. The average molecular weight is 460 g/mol. The standard InChI is InChI=1S/C14H10Br2ClN5O/c15-11-12(19-20-13(11)16)14(23)18-10-4-5-22(21-10)7-8-2-1-3-9(17)6-8/h1-6H,7H2,(H,19,20)(H,18,21,23). The first-order chi connectivity index (χ1) is 11.0. The number of rotatable bonds is 4. The van der Waals surface area contributed by atoms with E-state index in [0.29, 0.717) is 26.5 Å². The molecule has 0 saturated heterocycles. The van der Waals surface area contributed by atoms with Gasteiger partial charge in [0.05, 0.1) is 11.0 Å². The summed E-state index contributed by atoms with van der Waals surface area (Å²) < 4.78 is 2.89. The summed E-state index contributed by atoms with van der Waals surface area (Å²) in [5.41, 5.74) is 1.28. The molecule has 2 aromatic heterocycles. The summed E-state index contributed by atoms with van der Waals surface area (Å²) in [6.45, 7) is 0.564. The van der Waals surface area contributed by atoms with Gasteiger partial charge in [0.2, 0.25) is 0 Å². The second kappa shape index (κ2) is 6.86. The van der Waals surface area contributed by atoms with Gasteiger partial charge in [-0.1, -0.05) is 23.7 Å². The van der Waals surface area contributed by atoms with Crippen LogP contribution in [0.3, 0.4) is 0 Å². The Hall–Kier alpha value is -1.64. The number of aromatic amines is 1. The molecule has 0 aliphatic rings. The fraction of sp³-hybridized carbons (Fsp3) is 0.0714. The second-order valence-corrected chi connectivity index (χ2v) is 6.71. The van der Waals surface area contributed by atoms with Crippen LogP contribution in [0.1, 0.15) is 16.1 Å². The highest BCUT2D eigenvalue weighted by Crippen LogP contribution is 2.24. The van der Waals surface area contributed by atoms with Crippen LogP contribution in [0.5, 0.6) is 0 Å². The summed E-state index contributed by atoms with van der Waals surface area (Å²) in [7, 11) is 0. The summed E-state index contributed by atoms with van der Waals surface area (Å²) in [6.07, 6.45) is 1.78. The molecule has 0 aliphatic carbocycles. The van der Waals surface area contributed by atoms with Gasteiger partial charge in [0.25, 0.3) is 5.91 Å². The van der Waals surface area contributed by atoms with E-state index in [2.05, 4.69) is 52.5 Å². The molecule has 2 heterocycles. The highest BCUT2D eigenvalue weighted by atomic mass is 79.9. The maximum Gasteiger partial charge on any atom is 0.278 e. The molecule has 0 unspecified atom stereocenters. The molecule has 9 heteroatoms. The number of hydrogen-bond donors (Lipinski definition) is 2. The predicted octanol–water partition coefficient (Wildman–Crippen LogP) is 4.09. The first-order valence-corrected chi connectivity index (χ1v) is 8.48. The van der Waals surface area contributed by atoms with Crippen molar-refractivity contribution in [3.05, 3.63) is 61.9 Å². The summed E-state index contributed by atoms with van der Waals surface area (Å²) in [6, 6.07) is 9.26. The smallest absolute Gasteiger partial charge is 0.278 e. The van der Waals surface area contributed by atoms with Crippen molar-refractivity contribution in [2.24, 2.45) is 0 Å². The molecule has 23 heavy (non-hydrogen) atoms. The molecule has 0 radical (unpaired) electrons. The number of amides is 1. The molecule has 1 amide bonds. The Labute approximate surface area is 153 Å². The van der Waals surface area contributed by atoms with Gasteiger partial charge in [-0.05, 0) is 49.6 Å². The maximum atomic E-state index is 12.1. The zero-order valence-electron chi connectivity index (χ0n) is 11.6. The Bertz CT molecular complexity index is 860. The molecular formula is C14H10Br2ClN5O. The Balaban J connectivity index is 1.70. The van der Waals surface area contributed by atoms with Crippen LogP contribution < -0.4 is 5.32 Å².